The standard InChI is InChI=1S/C20H25FN4O4S/c1-4-16-19(21)20(23-12-22-16)29-15-8-9-25(11-15)30(27,28)17-7-6-14(10-13(17)3)24-18(26)5-2/h6-7,10,12,15H,4-5,8-9,11H2,1-3H3,(H,24,26)/t15-/m0/s1. The van der Waals surface area contributed by atoms with Crippen LogP contribution in [0.2, 0.25) is 0 Å². The van der Waals surface area contributed by atoms with Crippen LogP contribution in [0.4, 0.5) is 10.1 Å². The van der Waals surface area contributed by atoms with E-state index in [0.717, 1.165) is 0 Å². The summed E-state index contributed by atoms with van der Waals surface area (Å²) >= 11 is 0. The Labute approximate surface area is 175 Å². The first kappa shape index (κ1) is 22.1. The van der Waals surface area contributed by atoms with Crippen molar-refractivity contribution in [2.75, 3.05) is 18.4 Å². The Balaban J connectivity index is 1.73. The Bertz CT molecular complexity index is 1050. The van der Waals surface area contributed by atoms with E-state index in [-0.39, 0.29) is 35.5 Å². The van der Waals surface area contributed by atoms with E-state index < -0.39 is 21.9 Å². The lowest BCUT2D eigenvalue weighted by molar-refractivity contribution is -0.115. The lowest BCUT2D eigenvalue weighted by Gasteiger charge is -2.19. The lowest BCUT2D eigenvalue weighted by atomic mass is 10.2. The van der Waals surface area contributed by atoms with Gasteiger partial charge >= 0.3 is 0 Å². The number of benzene rings is 1. The van der Waals surface area contributed by atoms with Crippen molar-refractivity contribution in [1.29, 1.82) is 0 Å². The van der Waals surface area contributed by atoms with E-state index in [9.17, 15) is 17.6 Å². The summed E-state index contributed by atoms with van der Waals surface area (Å²) in [5.41, 5.74) is 1.34. The molecule has 1 fully saturated rings. The number of hydrogen-bond donors (Lipinski definition) is 1. The zero-order chi connectivity index (χ0) is 21.9. The van der Waals surface area contributed by atoms with Gasteiger partial charge in [0.05, 0.1) is 17.1 Å². The van der Waals surface area contributed by atoms with E-state index >= 15 is 0 Å². The molecule has 2 aromatic rings. The topological polar surface area (TPSA) is 101 Å². The molecule has 1 amide bonds. The van der Waals surface area contributed by atoms with Gasteiger partial charge in [-0.1, -0.05) is 13.8 Å². The second kappa shape index (κ2) is 9.05. The SMILES string of the molecule is CCC(=O)Nc1ccc(S(=O)(=O)N2CC[C@H](Oc3ncnc(CC)c3F)C2)c(C)c1. The molecule has 0 aliphatic carbocycles. The van der Waals surface area contributed by atoms with Gasteiger partial charge in [-0.05, 0) is 43.5 Å². The van der Waals surface area contributed by atoms with Crippen LogP contribution < -0.4 is 10.1 Å². The van der Waals surface area contributed by atoms with E-state index in [2.05, 4.69) is 15.3 Å². The predicted molar refractivity (Wildman–Crippen MR) is 109 cm³/mol. The van der Waals surface area contributed by atoms with Crippen LogP contribution in [0.1, 0.15) is 37.9 Å². The average molecular weight is 437 g/mol. The van der Waals surface area contributed by atoms with E-state index in [1.54, 1.807) is 32.9 Å². The zero-order valence-electron chi connectivity index (χ0n) is 17.2. The van der Waals surface area contributed by atoms with Crippen molar-refractivity contribution in [1.82, 2.24) is 14.3 Å². The van der Waals surface area contributed by atoms with Gasteiger partial charge in [0, 0.05) is 18.7 Å². The predicted octanol–water partition coefficient (Wildman–Crippen LogP) is 2.68. The van der Waals surface area contributed by atoms with Gasteiger partial charge in [0.25, 0.3) is 5.88 Å². The van der Waals surface area contributed by atoms with Gasteiger partial charge in [-0.25, -0.2) is 13.4 Å². The molecule has 1 N–H and O–H groups in total. The van der Waals surface area contributed by atoms with E-state index in [1.165, 1.54) is 16.7 Å². The van der Waals surface area contributed by atoms with Crippen LogP contribution in [0.3, 0.4) is 0 Å². The first-order chi connectivity index (χ1) is 14.3. The van der Waals surface area contributed by atoms with Crippen molar-refractivity contribution >= 4 is 21.6 Å². The van der Waals surface area contributed by atoms with Crippen LogP contribution in [-0.4, -0.2) is 47.8 Å². The fourth-order valence-electron chi connectivity index (χ4n) is 3.29. The van der Waals surface area contributed by atoms with Crippen molar-refractivity contribution in [2.45, 2.75) is 51.0 Å². The van der Waals surface area contributed by atoms with Crippen molar-refractivity contribution < 1.29 is 22.3 Å². The Hall–Kier alpha value is -2.59. The summed E-state index contributed by atoms with van der Waals surface area (Å²) in [7, 11) is -3.75. The molecule has 1 aliphatic heterocycles. The molecule has 0 unspecified atom stereocenters. The fourth-order valence-corrected chi connectivity index (χ4v) is 4.98. The maximum atomic E-state index is 14.3. The molecule has 3 rings (SSSR count). The number of halogens is 1. The Morgan fingerprint density at radius 2 is 2.10 bits per heavy atom. The van der Waals surface area contributed by atoms with Gasteiger partial charge in [-0.2, -0.15) is 13.7 Å². The molecule has 8 nitrogen and oxygen atoms in total. The smallest absolute Gasteiger partial charge is 0.254 e. The minimum absolute atomic E-state index is 0.0982. The molecule has 10 heteroatoms. The van der Waals surface area contributed by atoms with Crippen LogP contribution in [-0.2, 0) is 21.2 Å². The number of anilines is 1. The number of nitrogens with one attached hydrogen (secondary N) is 1. The maximum absolute atomic E-state index is 14.3. The molecule has 1 atom stereocenters. The molecule has 0 bridgehead atoms. The molecule has 162 valence electrons. The highest BCUT2D eigenvalue weighted by atomic mass is 32.2. The number of sulfonamides is 1. The molecule has 1 aliphatic rings. The average Bonchev–Trinajstić information content (AvgIpc) is 3.19. The van der Waals surface area contributed by atoms with Crippen molar-refractivity contribution in [2.24, 2.45) is 0 Å². The number of carbonyl (C=O) groups is 1. The first-order valence-corrected chi connectivity index (χ1v) is 11.3. The van der Waals surface area contributed by atoms with E-state index in [1.807, 2.05) is 0 Å². The third-order valence-electron chi connectivity index (χ3n) is 4.95. The monoisotopic (exact) mass is 436 g/mol. The van der Waals surface area contributed by atoms with Gasteiger partial charge in [0.2, 0.25) is 21.7 Å². The fraction of sp³-hybridized carbons (Fsp3) is 0.450. The second-order valence-corrected chi connectivity index (χ2v) is 8.97. The number of rotatable bonds is 7. The van der Waals surface area contributed by atoms with Crippen LogP contribution in [0.25, 0.3) is 0 Å². The second-order valence-electron chi connectivity index (χ2n) is 7.07. The lowest BCUT2D eigenvalue weighted by Crippen LogP contribution is -2.31. The van der Waals surface area contributed by atoms with Crippen LogP contribution in [0, 0.1) is 12.7 Å². The van der Waals surface area contributed by atoms with Gasteiger partial charge in [-0.15, -0.1) is 0 Å². The molecular formula is C20H25FN4O4S. The van der Waals surface area contributed by atoms with Gasteiger partial charge < -0.3 is 10.1 Å². The zero-order valence-corrected chi connectivity index (χ0v) is 18.0. The van der Waals surface area contributed by atoms with Crippen LogP contribution in [0.15, 0.2) is 29.4 Å². The highest BCUT2D eigenvalue weighted by Gasteiger charge is 2.35. The Morgan fingerprint density at radius 1 is 1.33 bits per heavy atom. The molecule has 30 heavy (non-hydrogen) atoms. The molecular weight excluding hydrogens is 411 g/mol. The Morgan fingerprint density at radius 3 is 2.77 bits per heavy atom. The third-order valence-corrected chi connectivity index (χ3v) is 6.97. The highest BCUT2D eigenvalue weighted by molar-refractivity contribution is 7.89. The number of nitrogens with zero attached hydrogens (tertiary/aromatic N) is 3. The number of aromatic nitrogens is 2. The van der Waals surface area contributed by atoms with Gasteiger partial charge in [0.1, 0.15) is 12.4 Å². The third kappa shape index (κ3) is 4.59. The van der Waals surface area contributed by atoms with Crippen LogP contribution in [0.5, 0.6) is 5.88 Å². The van der Waals surface area contributed by atoms with Crippen LogP contribution >= 0.6 is 0 Å². The van der Waals surface area contributed by atoms with Crippen molar-refractivity contribution in [3.63, 3.8) is 0 Å². The summed E-state index contributed by atoms with van der Waals surface area (Å²) in [5, 5.41) is 2.71. The van der Waals surface area contributed by atoms with Gasteiger partial charge in [0.15, 0.2) is 0 Å². The number of amides is 1. The summed E-state index contributed by atoms with van der Waals surface area (Å²) < 4.78 is 47.5. The summed E-state index contributed by atoms with van der Waals surface area (Å²) in [6, 6.07) is 4.69. The molecule has 2 heterocycles. The molecule has 0 spiro atoms. The molecule has 0 saturated carbocycles. The summed E-state index contributed by atoms with van der Waals surface area (Å²) in [6.07, 6.45) is 1.90. The summed E-state index contributed by atoms with van der Waals surface area (Å²) in [5.74, 6) is -0.909. The Kier molecular flexibility index (Phi) is 6.67. The minimum atomic E-state index is -3.75. The first-order valence-electron chi connectivity index (χ1n) is 9.82. The number of carbonyl (C=O) groups excluding carboxylic acids is 1. The van der Waals surface area contributed by atoms with E-state index in [0.29, 0.717) is 30.5 Å². The normalized spacial score (nSPS) is 17.1. The van der Waals surface area contributed by atoms with Gasteiger partial charge in [-0.3, -0.25) is 4.79 Å². The maximum Gasteiger partial charge on any atom is 0.254 e. The summed E-state index contributed by atoms with van der Waals surface area (Å²) in [6.45, 7) is 5.56. The molecule has 1 aromatic carbocycles. The largest absolute Gasteiger partial charge is 0.471 e. The molecule has 1 aromatic heterocycles. The van der Waals surface area contributed by atoms with E-state index in [4.69, 9.17) is 4.74 Å². The summed E-state index contributed by atoms with van der Waals surface area (Å²) in [4.78, 5) is 19.4. The molecule has 1 saturated heterocycles. The minimum Gasteiger partial charge on any atom is -0.471 e. The highest BCUT2D eigenvalue weighted by Crippen LogP contribution is 2.28. The number of aryl methyl sites for hydroxylation is 2. The van der Waals surface area contributed by atoms with Crippen molar-refractivity contribution in [3.05, 3.63) is 41.6 Å². The molecule has 0 radical (unpaired) electrons. The quantitative estimate of drug-likeness (QED) is 0.716. The number of hydrogen-bond acceptors (Lipinski definition) is 6. The number of ether oxygens (including phenoxy) is 1. The van der Waals surface area contributed by atoms with Crippen molar-refractivity contribution in [3.8, 4) is 5.88 Å².